The van der Waals surface area contributed by atoms with Crippen molar-refractivity contribution >= 4 is 29.0 Å². The summed E-state index contributed by atoms with van der Waals surface area (Å²) in [6.07, 6.45) is 3.30. The van der Waals surface area contributed by atoms with E-state index in [2.05, 4.69) is 25.6 Å². The fourth-order valence-electron chi connectivity index (χ4n) is 3.70. The smallest absolute Gasteiger partial charge is 0.259 e. The van der Waals surface area contributed by atoms with Gasteiger partial charge in [0.25, 0.3) is 5.91 Å². The number of nitrogens with zero attached hydrogens (tertiary/aromatic N) is 3. The summed E-state index contributed by atoms with van der Waals surface area (Å²) in [6, 6.07) is 18.4. The molecular weight excluding hydrogens is 471 g/mol. The van der Waals surface area contributed by atoms with Crippen LogP contribution in [-0.2, 0) is 11.2 Å². The lowest BCUT2D eigenvalue weighted by Gasteiger charge is -2.14. The zero-order chi connectivity index (χ0) is 26.4. The summed E-state index contributed by atoms with van der Waals surface area (Å²) in [6.45, 7) is 1.72. The van der Waals surface area contributed by atoms with Gasteiger partial charge in [-0.3, -0.25) is 9.59 Å². The van der Waals surface area contributed by atoms with Gasteiger partial charge < -0.3 is 16.4 Å². The fourth-order valence-corrected chi connectivity index (χ4v) is 3.70. The van der Waals surface area contributed by atoms with Crippen molar-refractivity contribution in [1.29, 1.82) is 0 Å². The number of amides is 2. The van der Waals surface area contributed by atoms with Gasteiger partial charge in [0, 0.05) is 36.3 Å². The van der Waals surface area contributed by atoms with E-state index in [0.717, 1.165) is 0 Å². The Bertz CT molecular complexity index is 1470. The molecule has 3 aromatic carbocycles. The van der Waals surface area contributed by atoms with Crippen molar-refractivity contribution in [2.45, 2.75) is 13.3 Å². The number of nitrogens with two attached hydrogens (primary N) is 1. The number of halogens is 1. The lowest BCUT2D eigenvalue weighted by atomic mass is 10.0. The van der Waals surface area contributed by atoms with Crippen molar-refractivity contribution in [3.63, 3.8) is 0 Å². The zero-order valence-electron chi connectivity index (χ0n) is 20.3. The minimum atomic E-state index is -0.710. The molecule has 186 valence electrons. The third-order valence-corrected chi connectivity index (χ3v) is 5.61. The number of aromatic nitrogens is 2. The van der Waals surface area contributed by atoms with E-state index in [1.54, 1.807) is 74.9 Å². The van der Waals surface area contributed by atoms with Gasteiger partial charge >= 0.3 is 0 Å². The van der Waals surface area contributed by atoms with Crippen LogP contribution >= 0.6 is 0 Å². The lowest BCUT2D eigenvalue weighted by molar-refractivity contribution is -0.119. The minimum Gasteiger partial charge on any atom is -0.398 e. The van der Waals surface area contributed by atoms with Crippen LogP contribution in [0.4, 0.5) is 15.8 Å². The Balaban J connectivity index is 1.73. The molecule has 0 saturated heterocycles. The van der Waals surface area contributed by atoms with Gasteiger partial charge in [-0.2, -0.15) is 0 Å². The van der Waals surface area contributed by atoms with Crippen molar-refractivity contribution in [2.24, 2.45) is 4.99 Å². The van der Waals surface area contributed by atoms with Gasteiger partial charge in [0.15, 0.2) is 5.82 Å². The van der Waals surface area contributed by atoms with Crippen LogP contribution in [0.3, 0.4) is 0 Å². The molecule has 0 aliphatic rings. The van der Waals surface area contributed by atoms with E-state index in [4.69, 9.17) is 5.73 Å². The number of hydrogen-bond acceptors (Lipinski definition) is 6. The number of carbonyl (C=O) groups is 2. The molecule has 0 radical (unpaired) electrons. The van der Waals surface area contributed by atoms with Gasteiger partial charge in [0.1, 0.15) is 11.7 Å². The average Bonchev–Trinajstić information content (AvgIpc) is 2.89. The number of rotatable bonds is 6. The first kappa shape index (κ1) is 25.2. The molecule has 9 heteroatoms. The molecule has 1 aromatic heterocycles. The van der Waals surface area contributed by atoms with Crippen LogP contribution in [0.5, 0.6) is 0 Å². The van der Waals surface area contributed by atoms with Gasteiger partial charge in [-0.25, -0.2) is 19.4 Å². The summed E-state index contributed by atoms with van der Waals surface area (Å²) in [5.41, 5.74) is 9.23. The van der Waals surface area contributed by atoms with Crippen molar-refractivity contribution in [3.8, 4) is 11.4 Å². The summed E-state index contributed by atoms with van der Waals surface area (Å²) in [7, 11) is 1.56. The van der Waals surface area contributed by atoms with Crippen molar-refractivity contribution in [3.05, 3.63) is 107 Å². The highest BCUT2D eigenvalue weighted by molar-refractivity contribution is 6.15. The predicted molar refractivity (Wildman–Crippen MR) is 141 cm³/mol. The highest BCUT2D eigenvalue weighted by Crippen LogP contribution is 2.24. The molecule has 1 heterocycles. The number of benzene rings is 3. The second kappa shape index (κ2) is 11.2. The average molecular weight is 497 g/mol. The predicted octanol–water partition coefficient (Wildman–Crippen LogP) is 3.97. The maximum atomic E-state index is 15.0. The molecule has 0 aliphatic heterocycles. The molecule has 0 bridgehead atoms. The number of aliphatic imine (C=N–C) groups is 1. The quantitative estimate of drug-likeness (QED) is 0.212. The standard InChI is InChI=1S/C28H25FN6O2/c1-17-13-23(29)22(16-21(17)26-32-11-6-12-33-26)28(37)35-27(34-19-7-4-3-5-8-19)20-10-9-18(14-24(20)30)15-25(36)31-2/h3-14,16H,15,30H2,1-2H3,(H,31,36)(H,34,35,37). The molecule has 4 rings (SSSR count). The van der Waals surface area contributed by atoms with E-state index in [1.807, 2.05) is 6.07 Å². The molecular formula is C28H25FN6O2. The van der Waals surface area contributed by atoms with Crippen LogP contribution in [0.15, 0.2) is 84.1 Å². The molecule has 0 fully saturated rings. The molecule has 4 aromatic rings. The van der Waals surface area contributed by atoms with Crippen molar-refractivity contribution in [1.82, 2.24) is 20.6 Å². The van der Waals surface area contributed by atoms with E-state index in [-0.39, 0.29) is 23.7 Å². The van der Waals surface area contributed by atoms with Crippen molar-refractivity contribution < 1.29 is 14.0 Å². The summed E-state index contributed by atoms with van der Waals surface area (Å²) >= 11 is 0. The van der Waals surface area contributed by atoms with Crippen LogP contribution in [0.1, 0.15) is 27.0 Å². The number of anilines is 1. The van der Waals surface area contributed by atoms with E-state index >= 15 is 0 Å². The topological polar surface area (TPSA) is 122 Å². The second-order valence-corrected chi connectivity index (χ2v) is 8.24. The maximum Gasteiger partial charge on any atom is 0.259 e. The van der Waals surface area contributed by atoms with Crippen molar-refractivity contribution in [2.75, 3.05) is 12.8 Å². The lowest BCUT2D eigenvalue weighted by Crippen LogP contribution is -2.32. The first-order chi connectivity index (χ1) is 17.9. The minimum absolute atomic E-state index is 0.137. The third-order valence-electron chi connectivity index (χ3n) is 5.61. The van der Waals surface area contributed by atoms with Gasteiger partial charge in [-0.1, -0.05) is 24.3 Å². The fraction of sp³-hybridized carbons (Fsp3) is 0.107. The van der Waals surface area contributed by atoms with Crippen LogP contribution in [0.25, 0.3) is 11.4 Å². The van der Waals surface area contributed by atoms with E-state index in [9.17, 15) is 14.0 Å². The third kappa shape index (κ3) is 6.02. The van der Waals surface area contributed by atoms with Gasteiger partial charge in [-0.05, 0) is 60.5 Å². The summed E-state index contributed by atoms with van der Waals surface area (Å²) in [5, 5.41) is 5.29. The monoisotopic (exact) mass is 496 g/mol. The summed E-state index contributed by atoms with van der Waals surface area (Å²) in [5.74, 6) is -1.05. The Labute approximate surface area is 213 Å². The Hall–Kier alpha value is -4.92. The molecule has 0 spiro atoms. The number of para-hydroxylation sites is 1. The molecule has 2 amide bonds. The molecule has 0 aliphatic carbocycles. The first-order valence-electron chi connectivity index (χ1n) is 11.5. The number of amidine groups is 1. The number of nitrogens with one attached hydrogen (secondary N) is 2. The molecule has 37 heavy (non-hydrogen) atoms. The second-order valence-electron chi connectivity index (χ2n) is 8.24. The van der Waals surface area contributed by atoms with Crippen LogP contribution in [-0.4, -0.2) is 34.7 Å². The molecule has 0 atom stereocenters. The zero-order valence-corrected chi connectivity index (χ0v) is 20.3. The molecule has 0 saturated carbocycles. The van der Waals surface area contributed by atoms with E-state index in [0.29, 0.717) is 39.5 Å². The maximum absolute atomic E-state index is 15.0. The molecule has 4 N–H and O–H groups in total. The van der Waals surface area contributed by atoms with E-state index < -0.39 is 11.7 Å². The first-order valence-corrected chi connectivity index (χ1v) is 11.5. The molecule has 8 nitrogen and oxygen atoms in total. The van der Waals surface area contributed by atoms with Gasteiger partial charge in [0.2, 0.25) is 5.91 Å². The summed E-state index contributed by atoms with van der Waals surface area (Å²) in [4.78, 5) is 38.1. The Kier molecular flexibility index (Phi) is 7.63. The highest BCUT2D eigenvalue weighted by Gasteiger charge is 2.20. The Morgan fingerprint density at radius 3 is 2.38 bits per heavy atom. The molecule has 0 unspecified atom stereocenters. The number of carbonyl (C=O) groups excluding carboxylic acids is 2. The largest absolute Gasteiger partial charge is 0.398 e. The Morgan fingerprint density at radius 2 is 1.70 bits per heavy atom. The normalized spacial score (nSPS) is 11.2. The Morgan fingerprint density at radius 1 is 0.973 bits per heavy atom. The summed E-state index contributed by atoms with van der Waals surface area (Å²) < 4.78 is 15.0. The highest BCUT2D eigenvalue weighted by atomic mass is 19.1. The number of nitrogen functional groups attached to an aromatic ring is 1. The van der Waals surface area contributed by atoms with Crippen LogP contribution in [0.2, 0.25) is 0 Å². The van der Waals surface area contributed by atoms with Crippen LogP contribution < -0.4 is 16.4 Å². The number of likely N-dealkylation sites (N-methyl/N-ethyl adjacent to an activating group) is 1. The number of aryl methyl sites for hydroxylation is 1. The van der Waals surface area contributed by atoms with Gasteiger partial charge in [-0.15, -0.1) is 0 Å². The van der Waals surface area contributed by atoms with Crippen LogP contribution in [0, 0.1) is 12.7 Å². The SMILES string of the molecule is CNC(=O)Cc1ccc(C(=Nc2ccccc2)NC(=O)c2cc(-c3ncccn3)c(C)cc2F)c(N)c1. The van der Waals surface area contributed by atoms with E-state index in [1.165, 1.54) is 12.1 Å². The van der Waals surface area contributed by atoms with Gasteiger partial charge in [0.05, 0.1) is 17.7 Å². The number of hydrogen-bond donors (Lipinski definition) is 3.